The lowest BCUT2D eigenvalue weighted by molar-refractivity contribution is -0.118. The highest BCUT2D eigenvalue weighted by Gasteiger charge is 2.30. The van der Waals surface area contributed by atoms with E-state index in [0.29, 0.717) is 17.3 Å². The van der Waals surface area contributed by atoms with E-state index in [4.69, 9.17) is 0 Å². The number of carbonyl (C=O) groups excluding carboxylic acids is 1. The van der Waals surface area contributed by atoms with Crippen LogP contribution in [0.25, 0.3) is 0 Å². The van der Waals surface area contributed by atoms with Gasteiger partial charge in [-0.25, -0.2) is 4.39 Å². The Hall–Kier alpha value is -2.47. The Balaban J connectivity index is 1.66. The van der Waals surface area contributed by atoms with Gasteiger partial charge in [0, 0.05) is 0 Å². The van der Waals surface area contributed by atoms with E-state index in [1.807, 2.05) is 31.2 Å². The summed E-state index contributed by atoms with van der Waals surface area (Å²) in [5, 5.41) is 11.3. The Kier molecular flexibility index (Phi) is 5.28. The minimum absolute atomic E-state index is 0.0565. The Morgan fingerprint density at radius 1 is 1.16 bits per heavy atom. The number of thioether (sulfide) groups is 1. The fraction of sp³-hybridized carbons (Fsp3) is 0.211. The number of amidine groups is 1. The van der Waals surface area contributed by atoms with Gasteiger partial charge in [-0.05, 0) is 43.5 Å². The van der Waals surface area contributed by atoms with Crippen molar-refractivity contribution in [1.29, 1.82) is 0 Å². The number of halogens is 1. The SMILES string of the molecule is C/C(=N\N=C1/NC(=O)[C@@H](Cc2ccc(C)cc2)S1)c1ccc(F)cc1. The van der Waals surface area contributed by atoms with Crippen LogP contribution in [-0.4, -0.2) is 22.0 Å². The summed E-state index contributed by atoms with van der Waals surface area (Å²) in [6, 6.07) is 14.2. The highest BCUT2D eigenvalue weighted by molar-refractivity contribution is 8.15. The topological polar surface area (TPSA) is 53.8 Å². The van der Waals surface area contributed by atoms with Crippen molar-refractivity contribution in [2.75, 3.05) is 0 Å². The van der Waals surface area contributed by atoms with Gasteiger partial charge in [0.2, 0.25) is 5.91 Å². The lowest BCUT2D eigenvalue weighted by Gasteiger charge is -2.05. The number of carbonyl (C=O) groups is 1. The Labute approximate surface area is 150 Å². The lowest BCUT2D eigenvalue weighted by atomic mass is 10.1. The number of nitrogens with zero attached hydrogens (tertiary/aromatic N) is 2. The smallest absolute Gasteiger partial charge is 0.239 e. The van der Waals surface area contributed by atoms with Crippen molar-refractivity contribution in [2.45, 2.75) is 25.5 Å². The molecular formula is C19H18FN3OS. The molecule has 0 unspecified atom stereocenters. The van der Waals surface area contributed by atoms with Crippen LogP contribution in [0, 0.1) is 12.7 Å². The zero-order chi connectivity index (χ0) is 17.8. The van der Waals surface area contributed by atoms with Crippen molar-refractivity contribution in [3.8, 4) is 0 Å². The molecule has 0 saturated carbocycles. The molecule has 1 atom stereocenters. The van der Waals surface area contributed by atoms with Crippen LogP contribution in [0.15, 0.2) is 58.7 Å². The molecule has 0 spiro atoms. The molecule has 25 heavy (non-hydrogen) atoms. The normalized spacial score (nSPS) is 19.3. The molecule has 4 nitrogen and oxygen atoms in total. The molecule has 0 aliphatic carbocycles. The summed E-state index contributed by atoms with van der Waals surface area (Å²) in [7, 11) is 0. The van der Waals surface area contributed by atoms with Crippen LogP contribution < -0.4 is 5.32 Å². The van der Waals surface area contributed by atoms with Gasteiger partial charge in [0.05, 0.1) is 11.0 Å². The maximum absolute atomic E-state index is 13.0. The van der Waals surface area contributed by atoms with Crippen molar-refractivity contribution < 1.29 is 9.18 Å². The van der Waals surface area contributed by atoms with E-state index in [2.05, 4.69) is 15.5 Å². The number of amides is 1. The van der Waals surface area contributed by atoms with E-state index in [1.54, 1.807) is 19.1 Å². The second-order valence-corrected chi connectivity index (χ2v) is 7.07. The standard InChI is InChI=1S/C19H18FN3OS/c1-12-3-5-14(6-4-12)11-17-18(24)21-19(25-17)23-22-13(2)15-7-9-16(20)10-8-15/h3-10,17H,11H2,1-2H3,(H,21,23,24)/b22-13+/t17-/m1/s1. The average molecular weight is 355 g/mol. The molecule has 1 N–H and O–H groups in total. The molecule has 1 aliphatic rings. The van der Waals surface area contributed by atoms with Crippen LogP contribution >= 0.6 is 11.8 Å². The first-order valence-corrected chi connectivity index (χ1v) is 8.80. The van der Waals surface area contributed by atoms with Crippen molar-refractivity contribution in [3.05, 3.63) is 71.0 Å². The summed E-state index contributed by atoms with van der Waals surface area (Å²) < 4.78 is 13.0. The van der Waals surface area contributed by atoms with E-state index in [9.17, 15) is 9.18 Å². The first-order chi connectivity index (χ1) is 12.0. The average Bonchev–Trinajstić information content (AvgIpc) is 2.95. The van der Waals surface area contributed by atoms with Crippen LogP contribution in [0.5, 0.6) is 0 Å². The van der Waals surface area contributed by atoms with E-state index in [0.717, 1.165) is 11.1 Å². The van der Waals surface area contributed by atoms with Gasteiger partial charge in [-0.3, -0.25) is 4.79 Å². The maximum Gasteiger partial charge on any atom is 0.239 e. The van der Waals surface area contributed by atoms with Crippen LogP contribution in [0.2, 0.25) is 0 Å². The van der Waals surface area contributed by atoms with Crippen LogP contribution in [-0.2, 0) is 11.2 Å². The van der Waals surface area contributed by atoms with Gasteiger partial charge in [-0.2, -0.15) is 5.10 Å². The fourth-order valence-electron chi connectivity index (χ4n) is 2.39. The van der Waals surface area contributed by atoms with E-state index < -0.39 is 0 Å². The number of rotatable bonds is 4. The Morgan fingerprint density at radius 2 is 1.84 bits per heavy atom. The molecule has 1 aliphatic heterocycles. The molecule has 2 aromatic carbocycles. The third-order valence-electron chi connectivity index (χ3n) is 3.87. The first-order valence-electron chi connectivity index (χ1n) is 7.92. The molecule has 0 aromatic heterocycles. The molecular weight excluding hydrogens is 337 g/mol. The zero-order valence-electron chi connectivity index (χ0n) is 14.0. The molecule has 1 fully saturated rings. The summed E-state index contributed by atoms with van der Waals surface area (Å²) in [5.41, 5.74) is 3.76. The molecule has 0 bridgehead atoms. The van der Waals surface area contributed by atoms with Gasteiger partial charge < -0.3 is 5.32 Å². The van der Waals surface area contributed by atoms with Gasteiger partial charge >= 0.3 is 0 Å². The van der Waals surface area contributed by atoms with Crippen LogP contribution in [0.3, 0.4) is 0 Å². The Morgan fingerprint density at radius 3 is 2.52 bits per heavy atom. The molecule has 0 radical (unpaired) electrons. The van der Waals surface area contributed by atoms with Crippen molar-refractivity contribution >= 4 is 28.5 Å². The van der Waals surface area contributed by atoms with Crippen molar-refractivity contribution in [1.82, 2.24) is 5.32 Å². The third-order valence-corrected chi connectivity index (χ3v) is 4.94. The zero-order valence-corrected chi connectivity index (χ0v) is 14.8. The molecule has 6 heteroatoms. The first kappa shape index (κ1) is 17.4. The highest BCUT2D eigenvalue weighted by atomic mass is 32.2. The van der Waals surface area contributed by atoms with Crippen molar-refractivity contribution in [2.24, 2.45) is 10.2 Å². The summed E-state index contributed by atoms with van der Waals surface area (Å²) in [4.78, 5) is 12.1. The summed E-state index contributed by atoms with van der Waals surface area (Å²) in [6.45, 7) is 3.83. The monoisotopic (exact) mass is 355 g/mol. The number of hydrogen-bond acceptors (Lipinski definition) is 4. The number of nitrogens with one attached hydrogen (secondary N) is 1. The quantitative estimate of drug-likeness (QED) is 0.672. The minimum atomic E-state index is -0.291. The molecule has 2 aromatic rings. The third kappa shape index (κ3) is 4.54. The number of aryl methyl sites for hydroxylation is 1. The lowest BCUT2D eigenvalue weighted by Crippen LogP contribution is -2.25. The van der Waals surface area contributed by atoms with Gasteiger partial charge in [-0.15, -0.1) is 5.10 Å². The second-order valence-electron chi connectivity index (χ2n) is 5.88. The maximum atomic E-state index is 13.0. The second kappa shape index (κ2) is 7.61. The molecule has 1 amide bonds. The van der Waals surface area contributed by atoms with Crippen LogP contribution in [0.1, 0.15) is 23.6 Å². The predicted molar refractivity (Wildman–Crippen MR) is 100 cm³/mol. The largest absolute Gasteiger partial charge is 0.303 e. The van der Waals surface area contributed by atoms with E-state index >= 15 is 0 Å². The van der Waals surface area contributed by atoms with Gasteiger partial charge in [0.1, 0.15) is 5.82 Å². The minimum Gasteiger partial charge on any atom is -0.303 e. The molecule has 128 valence electrons. The van der Waals surface area contributed by atoms with Gasteiger partial charge in [0.25, 0.3) is 0 Å². The van der Waals surface area contributed by atoms with E-state index in [1.165, 1.54) is 29.5 Å². The highest BCUT2D eigenvalue weighted by Crippen LogP contribution is 2.23. The molecule has 1 heterocycles. The summed E-state index contributed by atoms with van der Waals surface area (Å²) >= 11 is 1.38. The summed E-state index contributed by atoms with van der Waals surface area (Å²) in [5.74, 6) is -0.348. The van der Waals surface area contributed by atoms with E-state index in [-0.39, 0.29) is 17.0 Å². The Bertz CT molecular complexity index is 829. The fourth-order valence-corrected chi connectivity index (χ4v) is 3.35. The number of hydrogen-bond donors (Lipinski definition) is 1. The molecule has 1 saturated heterocycles. The predicted octanol–water partition coefficient (Wildman–Crippen LogP) is 3.69. The number of benzene rings is 2. The van der Waals surface area contributed by atoms with Crippen LogP contribution in [0.4, 0.5) is 4.39 Å². The van der Waals surface area contributed by atoms with Crippen molar-refractivity contribution in [3.63, 3.8) is 0 Å². The van der Waals surface area contributed by atoms with Gasteiger partial charge in [-0.1, -0.05) is 53.7 Å². The van der Waals surface area contributed by atoms with Gasteiger partial charge in [0.15, 0.2) is 5.17 Å². The molecule has 3 rings (SSSR count). The summed E-state index contributed by atoms with van der Waals surface area (Å²) in [6.07, 6.45) is 0.649.